The molecule has 0 aliphatic rings. The van der Waals surface area contributed by atoms with Gasteiger partial charge in [0, 0.05) is 5.69 Å². The molecule has 1 rings (SSSR count). The topological polar surface area (TPSA) is 92.2 Å². The monoisotopic (exact) mass is 223 g/mol. The minimum atomic E-state index is -1.09. The molecule has 86 valence electrons. The molecule has 1 aromatic heterocycles. The Morgan fingerprint density at radius 1 is 1.38 bits per heavy atom. The minimum absolute atomic E-state index is 0.179. The van der Waals surface area contributed by atoms with Crippen LogP contribution in [0.25, 0.3) is 0 Å². The molecule has 0 saturated carbocycles. The number of hydrogen-bond acceptors (Lipinski definition) is 4. The summed E-state index contributed by atoms with van der Waals surface area (Å²) in [5.74, 6) is -1.12. The molecular formula is C10H13N3O3. The Labute approximate surface area is 92.7 Å². The van der Waals surface area contributed by atoms with Crippen LogP contribution in [-0.2, 0) is 4.79 Å². The number of rotatable bonds is 3. The first-order valence-electron chi connectivity index (χ1n) is 4.76. The number of carboxylic acid groups (broad SMARTS) is 1. The summed E-state index contributed by atoms with van der Waals surface area (Å²) in [6.07, 6.45) is 0. The summed E-state index contributed by atoms with van der Waals surface area (Å²) < 4.78 is 0. The maximum Gasteiger partial charge on any atom is 0.325 e. The fourth-order valence-corrected chi connectivity index (χ4v) is 1.17. The van der Waals surface area contributed by atoms with E-state index in [1.54, 1.807) is 13.8 Å². The fraction of sp³-hybridized carbons (Fsp3) is 0.400. The van der Waals surface area contributed by atoms with Crippen LogP contribution in [0.15, 0.2) is 6.07 Å². The second kappa shape index (κ2) is 4.69. The van der Waals surface area contributed by atoms with E-state index in [0.717, 1.165) is 0 Å². The first-order chi connectivity index (χ1) is 7.40. The lowest BCUT2D eigenvalue weighted by Crippen LogP contribution is -2.38. The lowest BCUT2D eigenvalue weighted by Gasteiger charge is -2.09. The highest BCUT2D eigenvalue weighted by Crippen LogP contribution is 2.00. The van der Waals surface area contributed by atoms with Gasteiger partial charge >= 0.3 is 5.97 Å². The van der Waals surface area contributed by atoms with Crippen molar-refractivity contribution in [3.05, 3.63) is 23.3 Å². The maximum atomic E-state index is 11.6. The molecule has 0 bridgehead atoms. The van der Waals surface area contributed by atoms with Crippen LogP contribution < -0.4 is 5.32 Å². The Hall–Kier alpha value is -1.98. The molecule has 1 amide bonds. The van der Waals surface area contributed by atoms with E-state index in [4.69, 9.17) is 5.11 Å². The Bertz CT molecular complexity index is 411. The number of nitrogens with zero attached hydrogens (tertiary/aromatic N) is 2. The number of carbonyl (C=O) groups is 2. The number of amides is 1. The van der Waals surface area contributed by atoms with Crippen molar-refractivity contribution in [2.75, 3.05) is 0 Å². The zero-order chi connectivity index (χ0) is 12.3. The molecule has 0 aromatic carbocycles. The third-order valence-electron chi connectivity index (χ3n) is 1.92. The molecule has 1 aromatic rings. The zero-order valence-electron chi connectivity index (χ0n) is 9.31. The third kappa shape index (κ3) is 3.01. The molecule has 0 radical (unpaired) electrons. The smallest absolute Gasteiger partial charge is 0.325 e. The van der Waals surface area contributed by atoms with Crippen LogP contribution in [-0.4, -0.2) is 33.0 Å². The van der Waals surface area contributed by atoms with Gasteiger partial charge in [-0.25, -0.2) is 9.97 Å². The van der Waals surface area contributed by atoms with Crippen LogP contribution in [0, 0.1) is 13.8 Å². The molecule has 0 aliphatic carbocycles. The van der Waals surface area contributed by atoms with Gasteiger partial charge in [0.1, 0.15) is 17.6 Å². The Balaban J connectivity index is 2.84. The Kier molecular flexibility index (Phi) is 3.55. The van der Waals surface area contributed by atoms with Crippen molar-refractivity contribution in [2.24, 2.45) is 0 Å². The number of carbonyl (C=O) groups excluding carboxylic acids is 1. The maximum absolute atomic E-state index is 11.6. The Morgan fingerprint density at radius 3 is 2.50 bits per heavy atom. The molecule has 6 heteroatoms. The van der Waals surface area contributed by atoms with E-state index in [0.29, 0.717) is 11.5 Å². The summed E-state index contributed by atoms with van der Waals surface area (Å²) in [6.45, 7) is 4.80. The van der Waals surface area contributed by atoms with Crippen molar-refractivity contribution in [2.45, 2.75) is 26.8 Å². The number of carboxylic acids is 1. The molecule has 1 heterocycles. The highest BCUT2D eigenvalue weighted by atomic mass is 16.4. The fourth-order valence-electron chi connectivity index (χ4n) is 1.17. The van der Waals surface area contributed by atoms with Crippen LogP contribution >= 0.6 is 0 Å². The van der Waals surface area contributed by atoms with Gasteiger partial charge in [0.05, 0.1) is 0 Å². The van der Waals surface area contributed by atoms with E-state index in [-0.39, 0.29) is 5.69 Å². The van der Waals surface area contributed by atoms with E-state index in [1.807, 2.05) is 0 Å². The van der Waals surface area contributed by atoms with Crippen LogP contribution in [0.1, 0.15) is 28.9 Å². The predicted molar refractivity (Wildman–Crippen MR) is 56.1 cm³/mol. The van der Waals surface area contributed by atoms with Gasteiger partial charge in [-0.1, -0.05) is 0 Å². The molecule has 0 aliphatic heterocycles. The van der Waals surface area contributed by atoms with Crippen molar-refractivity contribution in [1.29, 1.82) is 0 Å². The van der Waals surface area contributed by atoms with Gasteiger partial charge in [-0.3, -0.25) is 9.59 Å². The second-order valence-corrected chi connectivity index (χ2v) is 3.48. The number of aromatic nitrogens is 2. The van der Waals surface area contributed by atoms with Gasteiger partial charge in [0.15, 0.2) is 0 Å². The van der Waals surface area contributed by atoms with E-state index in [9.17, 15) is 9.59 Å². The molecule has 0 saturated heterocycles. The summed E-state index contributed by atoms with van der Waals surface area (Å²) >= 11 is 0. The zero-order valence-corrected chi connectivity index (χ0v) is 9.31. The number of aryl methyl sites for hydroxylation is 2. The standard InChI is InChI=1S/C10H13N3O3/c1-5-4-8(13-7(3)11-5)9(14)12-6(2)10(15)16/h4,6H,1-3H3,(H,12,14)(H,15,16)/t6-/m1/s1. The van der Waals surface area contributed by atoms with Crippen LogP contribution in [0.4, 0.5) is 0 Å². The molecule has 0 fully saturated rings. The molecule has 6 nitrogen and oxygen atoms in total. The third-order valence-corrected chi connectivity index (χ3v) is 1.92. The average molecular weight is 223 g/mol. The summed E-state index contributed by atoms with van der Waals surface area (Å²) in [5.41, 5.74) is 0.846. The highest BCUT2D eigenvalue weighted by Gasteiger charge is 2.16. The van der Waals surface area contributed by atoms with Gasteiger partial charge in [0.25, 0.3) is 5.91 Å². The molecule has 0 spiro atoms. The summed E-state index contributed by atoms with van der Waals surface area (Å²) in [7, 11) is 0. The number of aliphatic carboxylic acids is 1. The van der Waals surface area contributed by atoms with Crippen LogP contribution in [0.5, 0.6) is 0 Å². The quantitative estimate of drug-likeness (QED) is 0.768. The molecule has 16 heavy (non-hydrogen) atoms. The summed E-state index contributed by atoms with van der Waals surface area (Å²) in [5, 5.41) is 11.0. The van der Waals surface area contributed by atoms with E-state index in [1.165, 1.54) is 13.0 Å². The van der Waals surface area contributed by atoms with Gasteiger partial charge in [-0.05, 0) is 26.8 Å². The van der Waals surface area contributed by atoms with Crippen molar-refractivity contribution in [1.82, 2.24) is 15.3 Å². The summed E-state index contributed by atoms with van der Waals surface area (Å²) in [4.78, 5) is 30.1. The average Bonchev–Trinajstić information content (AvgIpc) is 2.15. The largest absolute Gasteiger partial charge is 0.480 e. The minimum Gasteiger partial charge on any atom is -0.480 e. The van der Waals surface area contributed by atoms with Crippen LogP contribution in [0.3, 0.4) is 0 Å². The number of hydrogen-bond donors (Lipinski definition) is 2. The van der Waals surface area contributed by atoms with Crippen molar-refractivity contribution >= 4 is 11.9 Å². The van der Waals surface area contributed by atoms with Crippen molar-refractivity contribution in [3.8, 4) is 0 Å². The van der Waals surface area contributed by atoms with Crippen LogP contribution in [0.2, 0.25) is 0 Å². The highest BCUT2D eigenvalue weighted by molar-refractivity contribution is 5.94. The van der Waals surface area contributed by atoms with Gasteiger partial charge < -0.3 is 10.4 Å². The normalized spacial score (nSPS) is 11.9. The number of nitrogens with one attached hydrogen (secondary N) is 1. The van der Waals surface area contributed by atoms with E-state index in [2.05, 4.69) is 15.3 Å². The predicted octanol–water partition coefficient (Wildman–Crippen LogP) is 0.296. The first kappa shape index (κ1) is 12.1. The molecule has 2 N–H and O–H groups in total. The molecule has 1 atom stereocenters. The Morgan fingerprint density at radius 2 is 2.00 bits per heavy atom. The first-order valence-corrected chi connectivity index (χ1v) is 4.76. The lowest BCUT2D eigenvalue weighted by molar-refractivity contribution is -0.138. The van der Waals surface area contributed by atoms with Crippen molar-refractivity contribution in [3.63, 3.8) is 0 Å². The van der Waals surface area contributed by atoms with Gasteiger partial charge in [-0.2, -0.15) is 0 Å². The van der Waals surface area contributed by atoms with Crippen molar-refractivity contribution < 1.29 is 14.7 Å². The van der Waals surface area contributed by atoms with E-state index >= 15 is 0 Å². The lowest BCUT2D eigenvalue weighted by atomic mass is 10.3. The van der Waals surface area contributed by atoms with E-state index < -0.39 is 17.9 Å². The SMILES string of the molecule is Cc1cc(C(=O)N[C@H](C)C(=O)O)nc(C)n1. The molecule has 0 unspecified atom stereocenters. The van der Waals surface area contributed by atoms with Gasteiger partial charge in [-0.15, -0.1) is 0 Å². The second-order valence-electron chi connectivity index (χ2n) is 3.48. The molecular weight excluding hydrogens is 210 g/mol. The summed E-state index contributed by atoms with van der Waals surface area (Å²) in [6, 6.07) is 0.569. The van der Waals surface area contributed by atoms with Gasteiger partial charge in [0.2, 0.25) is 0 Å².